The molecule has 2 N–H and O–H groups in total. The standard InChI is InChI=1S/C19H12F6N2O2/c20-18(21,22)11-6-12(19(23,24)25)8-13(7-11)27-15-14(16(28)17(15)29)26-9-10-4-2-1-3-5-10/h1-8,26-27H,9H2. The predicted molar refractivity (Wildman–Crippen MR) is 94.9 cm³/mol. The maximum atomic E-state index is 13.0. The van der Waals surface area contributed by atoms with Crippen LogP contribution in [0, 0.1) is 0 Å². The van der Waals surface area contributed by atoms with Crippen molar-refractivity contribution in [2.24, 2.45) is 0 Å². The summed E-state index contributed by atoms with van der Waals surface area (Å²) in [6, 6.07) is 9.54. The third-order valence-electron chi connectivity index (χ3n) is 4.08. The number of hydrogen-bond donors (Lipinski definition) is 2. The summed E-state index contributed by atoms with van der Waals surface area (Å²) >= 11 is 0. The van der Waals surface area contributed by atoms with Crippen molar-refractivity contribution in [2.75, 3.05) is 10.6 Å². The number of anilines is 3. The van der Waals surface area contributed by atoms with Gasteiger partial charge in [0.25, 0.3) is 10.9 Å². The van der Waals surface area contributed by atoms with E-state index in [1.54, 1.807) is 30.3 Å². The van der Waals surface area contributed by atoms with E-state index in [-0.39, 0.29) is 18.3 Å². The van der Waals surface area contributed by atoms with Crippen LogP contribution in [-0.2, 0) is 18.9 Å². The molecule has 0 fully saturated rings. The Hall–Kier alpha value is -3.30. The lowest BCUT2D eigenvalue weighted by Crippen LogP contribution is -2.36. The van der Waals surface area contributed by atoms with Gasteiger partial charge in [-0.25, -0.2) is 0 Å². The van der Waals surface area contributed by atoms with Crippen LogP contribution in [0.25, 0.3) is 0 Å². The monoisotopic (exact) mass is 414 g/mol. The van der Waals surface area contributed by atoms with E-state index in [1.165, 1.54) is 0 Å². The van der Waals surface area contributed by atoms with Crippen LogP contribution in [0.15, 0.2) is 58.1 Å². The molecule has 0 atom stereocenters. The molecule has 0 aromatic heterocycles. The van der Waals surface area contributed by atoms with E-state index in [2.05, 4.69) is 10.6 Å². The Morgan fingerprint density at radius 3 is 1.76 bits per heavy atom. The van der Waals surface area contributed by atoms with Crippen LogP contribution in [0.2, 0.25) is 0 Å². The van der Waals surface area contributed by atoms with Gasteiger partial charge in [0.2, 0.25) is 0 Å². The highest BCUT2D eigenvalue weighted by Gasteiger charge is 2.37. The van der Waals surface area contributed by atoms with Gasteiger partial charge >= 0.3 is 12.4 Å². The Bertz CT molecular complexity index is 1060. The highest BCUT2D eigenvalue weighted by molar-refractivity contribution is 5.79. The average Bonchev–Trinajstić information content (AvgIpc) is 2.66. The zero-order chi connectivity index (χ0) is 21.4. The zero-order valence-electron chi connectivity index (χ0n) is 14.4. The molecule has 0 aliphatic heterocycles. The quantitative estimate of drug-likeness (QED) is 0.471. The predicted octanol–water partition coefficient (Wildman–Crippen LogP) is 4.68. The van der Waals surface area contributed by atoms with E-state index in [1.807, 2.05) is 0 Å². The molecule has 0 amide bonds. The number of alkyl halides is 6. The van der Waals surface area contributed by atoms with Crippen LogP contribution in [0.5, 0.6) is 0 Å². The average molecular weight is 414 g/mol. The van der Waals surface area contributed by atoms with Crippen molar-refractivity contribution >= 4 is 17.1 Å². The number of nitrogens with one attached hydrogen (secondary N) is 2. The van der Waals surface area contributed by atoms with Crippen molar-refractivity contribution in [3.8, 4) is 0 Å². The van der Waals surface area contributed by atoms with Gasteiger partial charge in [-0.3, -0.25) is 9.59 Å². The first-order valence-electron chi connectivity index (χ1n) is 8.14. The number of rotatable bonds is 5. The Labute approximate surface area is 159 Å². The molecule has 0 aliphatic carbocycles. The summed E-state index contributed by atoms with van der Waals surface area (Å²) in [6.45, 7) is 0.136. The van der Waals surface area contributed by atoms with Gasteiger partial charge in [0.05, 0.1) is 11.1 Å². The fraction of sp³-hybridized carbons (Fsp3) is 0.158. The Morgan fingerprint density at radius 1 is 0.724 bits per heavy atom. The lowest BCUT2D eigenvalue weighted by Gasteiger charge is -2.18. The second-order valence-corrected chi connectivity index (χ2v) is 6.17. The molecule has 152 valence electrons. The van der Waals surface area contributed by atoms with E-state index >= 15 is 0 Å². The summed E-state index contributed by atoms with van der Waals surface area (Å²) < 4.78 is 77.7. The van der Waals surface area contributed by atoms with Crippen LogP contribution < -0.4 is 21.5 Å². The van der Waals surface area contributed by atoms with Gasteiger partial charge in [0, 0.05) is 12.2 Å². The third kappa shape index (κ3) is 4.41. The van der Waals surface area contributed by atoms with Crippen LogP contribution in [-0.4, -0.2) is 0 Å². The second kappa shape index (κ2) is 7.26. The number of benzene rings is 2. The van der Waals surface area contributed by atoms with E-state index in [0.29, 0.717) is 12.1 Å². The molecule has 0 saturated carbocycles. The van der Waals surface area contributed by atoms with E-state index in [0.717, 1.165) is 5.56 Å². The summed E-state index contributed by atoms with van der Waals surface area (Å²) in [7, 11) is 0. The Kier molecular flexibility index (Phi) is 5.12. The van der Waals surface area contributed by atoms with Crippen molar-refractivity contribution in [2.45, 2.75) is 18.9 Å². The van der Waals surface area contributed by atoms with E-state index in [4.69, 9.17) is 0 Å². The maximum absolute atomic E-state index is 13.0. The molecular weight excluding hydrogens is 402 g/mol. The fourth-order valence-electron chi connectivity index (χ4n) is 2.64. The molecule has 3 rings (SSSR count). The van der Waals surface area contributed by atoms with Gasteiger partial charge in [-0.05, 0) is 23.8 Å². The van der Waals surface area contributed by atoms with Crippen molar-refractivity contribution in [1.82, 2.24) is 0 Å². The lowest BCUT2D eigenvalue weighted by molar-refractivity contribution is -0.143. The summed E-state index contributed by atoms with van der Waals surface area (Å²) in [6.07, 6.45) is -10.1. The van der Waals surface area contributed by atoms with Gasteiger partial charge < -0.3 is 10.6 Å². The van der Waals surface area contributed by atoms with Gasteiger partial charge in [-0.15, -0.1) is 0 Å². The lowest BCUT2D eigenvalue weighted by atomic mass is 10.1. The SMILES string of the molecule is O=c1c(NCc2ccccc2)c(Nc2cc(C(F)(F)F)cc(C(F)(F)F)c2)c1=O. The first kappa shape index (κ1) is 20.4. The maximum Gasteiger partial charge on any atom is 0.416 e. The molecule has 3 aromatic rings. The molecule has 4 nitrogen and oxygen atoms in total. The van der Waals surface area contributed by atoms with Gasteiger partial charge in [-0.2, -0.15) is 26.3 Å². The molecule has 0 unspecified atom stereocenters. The largest absolute Gasteiger partial charge is 0.416 e. The molecule has 10 heteroatoms. The summed E-state index contributed by atoms with van der Waals surface area (Å²) in [4.78, 5) is 23.6. The molecule has 0 bridgehead atoms. The summed E-state index contributed by atoms with van der Waals surface area (Å²) in [5.41, 5.74) is -5.47. The molecule has 0 radical (unpaired) electrons. The van der Waals surface area contributed by atoms with Crippen molar-refractivity contribution < 1.29 is 26.3 Å². The highest BCUT2D eigenvalue weighted by atomic mass is 19.4. The molecule has 0 heterocycles. The minimum Gasteiger partial charge on any atom is -0.376 e. The smallest absolute Gasteiger partial charge is 0.376 e. The van der Waals surface area contributed by atoms with Crippen molar-refractivity contribution in [3.05, 3.63) is 85.7 Å². The van der Waals surface area contributed by atoms with Crippen molar-refractivity contribution in [3.63, 3.8) is 0 Å². The van der Waals surface area contributed by atoms with Gasteiger partial charge in [0.1, 0.15) is 11.4 Å². The fourth-order valence-corrected chi connectivity index (χ4v) is 2.64. The second-order valence-electron chi connectivity index (χ2n) is 6.17. The minimum absolute atomic E-state index is 0.0259. The molecule has 3 aromatic carbocycles. The van der Waals surface area contributed by atoms with Gasteiger partial charge in [-0.1, -0.05) is 30.3 Å². The summed E-state index contributed by atoms with van der Waals surface area (Å²) in [5.74, 6) is 0. The van der Waals surface area contributed by atoms with Crippen molar-refractivity contribution in [1.29, 1.82) is 0 Å². The zero-order valence-corrected chi connectivity index (χ0v) is 14.4. The van der Waals surface area contributed by atoms with E-state index < -0.39 is 45.7 Å². The van der Waals surface area contributed by atoms with Crippen LogP contribution in [0.1, 0.15) is 16.7 Å². The highest BCUT2D eigenvalue weighted by Crippen LogP contribution is 2.38. The Morgan fingerprint density at radius 2 is 1.24 bits per heavy atom. The summed E-state index contributed by atoms with van der Waals surface area (Å²) in [5, 5.41) is 4.89. The topological polar surface area (TPSA) is 58.2 Å². The first-order chi connectivity index (χ1) is 13.5. The van der Waals surface area contributed by atoms with Crippen LogP contribution in [0.4, 0.5) is 43.4 Å². The van der Waals surface area contributed by atoms with Crippen LogP contribution >= 0.6 is 0 Å². The Balaban J connectivity index is 1.91. The van der Waals surface area contributed by atoms with Gasteiger partial charge in [0.15, 0.2) is 0 Å². The molecular formula is C19H12F6N2O2. The molecule has 0 aliphatic rings. The normalized spacial score (nSPS) is 12.2. The molecule has 0 saturated heterocycles. The number of halogens is 6. The van der Waals surface area contributed by atoms with Crippen LogP contribution in [0.3, 0.4) is 0 Å². The molecule has 0 spiro atoms. The minimum atomic E-state index is -5.03. The first-order valence-corrected chi connectivity index (χ1v) is 8.14. The van der Waals surface area contributed by atoms with E-state index in [9.17, 15) is 35.9 Å². The third-order valence-corrected chi connectivity index (χ3v) is 4.08. The number of hydrogen-bond acceptors (Lipinski definition) is 4. The molecule has 29 heavy (non-hydrogen) atoms.